The summed E-state index contributed by atoms with van der Waals surface area (Å²) in [5, 5.41) is 3.61. The highest BCUT2D eigenvalue weighted by molar-refractivity contribution is 5.03. The first-order valence-corrected chi connectivity index (χ1v) is 6.90. The summed E-state index contributed by atoms with van der Waals surface area (Å²) >= 11 is 0. The van der Waals surface area contributed by atoms with Gasteiger partial charge >= 0.3 is 0 Å². The van der Waals surface area contributed by atoms with Crippen molar-refractivity contribution in [1.29, 1.82) is 0 Å². The first kappa shape index (κ1) is 13.5. The van der Waals surface area contributed by atoms with E-state index in [1.165, 1.54) is 25.2 Å². The third-order valence-electron chi connectivity index (χ3n) is 3.40. The molecule has 1 saturated heterocycles. The molecule has 0 aromatic carbocycles. The average molecular weight is 247 g/mol. The molecular formula is C15H25N3. The molecule has 2 heterocycles. The van der Waals surface area contributed by atoms with Gasteiger partial charge in [0.1, 0.15) is 0 Å². The van der Waals surface area contributed by atoms with Crippen molar-refractivity contribution in [2.45, 2.75) is 39.3 Å². The highest BCUT2D eigenvalue weighted by Crippen LogP contribution is 2.18. The smallest absolute Gasteiger partial charge is 0.0543 e. The molecule has 3 heteroatoms. The van der Waals surface area contributed by atoms with Gasteiger partial charge in [-0.25, -0.2) is 0 Å². The fourth-order valence-corrected chi connectivity index (χ4v) is 2.39. The lowest BCUT2D eigenvalue weighted by molar-refractivity contribution is 0.302. The summed E-state index contributed by atoms with van der Waals surface area (Å²) in [4.78, 5) is 6.91. The normalized spacial score (nSPS) is 21.4. The minimum Gasteiger partial charge on any atom is -0.312 e. The van der Waals surface area contributed by atoms with Gasteiger partial charge in [0.25, 0.3) is 0 Å². The molecule has 1 aliphatic rings. The number of pyridine rings is 1. The van der Waals surface area contributed by atoms with Gasteiger partial charge in [-0.05, 0) is 58.3 Å². The zero-order valence-corrected chi connectivity index (χ0v) is 11.8. The summed E-state index contributed by atoms with van der Waals surface area (Å²) in [6.45, 7) is 11.2. The zero-order valence-electron chi connectivity index (χ0n) is 11.8. The number of nitrogens with one attached hydrogen (secondary N) is 1. The van der Waals surface area contributed by atoms with E-state index in [-0.39, 0.29) is 5.54 Å². The van der Waals surface area contributed by atoms with Crippen molar-refractivity contribution in [3.05, 3.63) is 30.1 Å². The summed E-state index contributed by atoms with van der Waals surface area (Å²) in [5.74, 6) is 0.785. The molecule has 18 heavy (non-hydrogen) atoms. The van der Waals surface area contributed by atoms with Crippen LogP contribution in [0.25, 0.3) is 0 Å². The Hall–Kier alpha value is -0.930. The van der Waals surface area contributed by atoms with Crippen molar-refractivity contribution in [3.8, 4) is 0 Å². The highest BCUT2D eigenvalue weighted by atomic mass is 15.2. The summed E-state index contributed by atoms with van der Waals surface area (Å²) in [6, 6.07) is 6.15. The Morgan fingerprint density at radius 3 is 2.89 bits per heavy atom. The monoisotopic (exact) mass is 247 g/mol. The van der Waals surface area contributed by atoms with E-state index < -0.39 is 0 Å². The van der Waals surface area contributed by atoms with Gasteiger partial charge in [-0.1, -0.05) is 6.07 Å². The fourth-order valence-electron chi connectivity index (χ4n) is 2.39. The number of rotatable bonds is 4. The van der Waals surface area contributed by atoms with Crippen LogP contribution >= 0.6 is 0 Å². The van der Waals surface area contributed by atoms with Crippen molar-refractivity contribution < 1.29 is 0 Å². The minimum absolute atomic E-state index is 0.231. The fraction of sp³-hybridized carbons (Fsp3) is 0.667. The van der Waals surface area contributed by atoms with Gasteiger partial charge in [0.2, 0.25) is 0 Å². The van der Waals surface area contributed by atoms with Crippen LogP contribution in [0.4, 0.5) is 0 Å². The Balaban J connectivity index is 1.75. The molecule has 0 amide bonds. The van der Waals surface area contributed by atoms with E-state index >= 15 is 0 Å². The molecule has 1 fully saturated rings. The number of hydrogen-bond acceptors (Lipinski definition) is 3. The van der Waals surface area contributed by atoms with Crippen LogP contribution in [0.1, 0.15) is 32.9 Å². The van der Waals surface area contributed by atoms with E-state index in [1.807, 2.05) is 12.3 Å². The lowest BCUT2D eigenvalue weighted by Gasteiger charge is -2.23. The van der Waals surface area contributed by atoms with Crippen LogP contribution in [0.2, 0.25) is 0 Å². The molecule has 1 aromatic heterocycles. The quantitative estimate of drug-likeness (QED) is 0.885. The molecule has 0 bridgehead atoms. The summed E-state index contributed by atoms with van der Waals surface area (Å²) in [5.41, 5.74) is 1.41. The lowest BCUT2D eigenvalue weighted by atomic mass is 10.1. The molecule has 2 rings (SSSR count). The van der Waals surface area contributed by atoms with Gasteiger partial charge in [0, 0.05) is 24.8 Å². The molecule has 1 aliphatic heterocycles. The minimum atomic E-state index is 0.231. The number of likely N-dealkylation sites (tertiary alicyclic amines) is 1. The van der Waals surface area contributed by atoms with Crippen molar-refractivity contribution in [1.82, 2.24) is 15.2 Å². The molecule has 0 aliphatic carbocycles. The molecule has 1 unspecified atom stereocenters. The first-order chi connectivity index (χ1) is 8.53. The Bertz CT molecular complexity index is 356. The van der Waals surface area contributed by atoms with Gasteiger partial charge in [0.05, 0.1) is 5.69 Å². The van der Waals surface area contributed by atoms with Crippen molar-refractivity contribution >= 4 is 0 Å². The molecule has 0 saturated carbocycles. The van der Waals surface area contributed by atoms with Gasteiger partial charge < -0.3 is 5.32 Å². The van der Waals surface area contributed by atoms with Gasteiger partial charge in [-0.3, -0.25) is 9.88 Å². The number of aromatic nitrogens is 1. The predicted octanol–water partition coefficient (Wildman–Crippen LogP) is 2.29. The molecule has 1 N–H and O–H groups in total. The van der Waals surface area contributed by atoms with E-state index in [1.54, 1.807) is 0 Å². The van der Waals surface area contributed by atoms with Crippen molar-refractivity contribution in [2.75, 3.05) is 19.6 Å². The Kier molecular flexibility index (Phi) is 4.36. The largest absolute Gasteiger partial charge is 0.312 e. The second-order valence-electron chi connectivity index (χ2n) is 6.34. The first-order valence-electron chi connectivity index (χ1n) is 6.90. The van der Waals surface area contributed by atoms with Crippen LogP contribution in [0.15, 0.2) is 24.4 Å². The lowest BCUT2D eigenvalue weighted by Crippen LogP contribution is -2.39. The Morgan fingerprint density at radius 1 is 1.39 bits per heavy atom. The molecule has 0 spiro atoms. The van der Waals surface area contributed by atoms with E-state index in [4.69, 9.17) is 0 Å². The second-order valence-corrected chi connectivity index (χ2v) is 6.34. The van der Waals surface area contributed by atoms with Gasteiger partial charge in [-0.2, -0.15) is 0 Å². The van der Waals surface area contributed by atoms with Crippen LogP contribution in [-0.4, -0.2) is 35.1 Å². The van der Waals surface area contributed by atoms with Crippen LogP contribution in [0.5, 0.6) is 0 Å². The maximum absolute atomic E-state index is 4.40. The van der Waals surface area contributed by atoms with E-state index in [2.05, 4.69) is 48.1 Å². The third-order valence-corrected chi connectivity index (χ3v) is 3.40. The van der Waals surface area contributed by atoms with Crippen molar-refractivity contribution in [2.24, 2.45) is 5.92 Å². The predicted molar refractivity (Wildman–Crippen MR) is 75.4 cm³/mol. The third kappa shape index (κ3) is 4.39. The number of nitrogens with zero attached hydrogens (tertiary/aromatic N) is 2. The molecule has 100 valence electrons. The maximum atomic E-state index is 4.40. The van der Waals surface area contributed by atoms with E-state index in [0.29, 0.717) is 0 Å². The zero-order chi connectivity index (χ0) is 13.0. The molecule has 1 aromatic rings. The van der Waals surface area contributed by atoms with Gasteiger partial charge in [-0.15, -0.1) is 0 Å². The highest BCUT2D eigenvalue weighted by Gasteiger charge is 2.23. The standard InChI is InChI=1S/C15H25N3/c1-15(2,3)17-10-13-7-9-18(11-13)12-14-6-4-5-8-16-14/h4-6,8,13,17H,7,9-12H2,1-3H3. The topological polar surface area (TPSA) is 28.2 Å². The van der Waals surface area contributed by atoms with Crippen molar-refractivity contribution in [3.63, 3.8) is 0 Å². The Morgan fingerprint density at radius 2 is 2.22 bits per heavy atom. The SMILES string of the molecule is CC(C)(C)NCC1CCN(Cc2ccccn2)C1. The van der Waals surface area contributed by atoms with E-state index in [9.17, 15) is 0 Å². The van der Waals surface area contributed by atoms with Crippen LogP contribution in [-0.2, 0) is 6.54 Å². The summed E-state index contributed by atoms with van der Waals surface area (Å²) in [6.07, 6.45) is 3.18. The molecule has 3 nitrogen and oxygen atoms in total. The second kappa shape index (κ2) is 5.81. The van der Waals surface area contributed by atoms with Gasteiger partial charge in [0.15, 0.2) is 0 Å². The molecule has 0 radical (unpaired) electrons. The summed E-state index contributed by atoms with van der Waals surface area (Å²) in [7, 11) is 0. The average Bonchev–Trinajstić information content (AvgIpc) is 2.75. The summed E-state index contributed by atoms with van der Waals surface area (Å²) < 4.78 is 0. The Labute approximate surface area is 111 Å². The van der Waals surface area contributed by atoms with Crippen LogP contribution < -0.4 is 5.32 Å². The van der Waals surface area contributed by atoms with E-state index in [0.717, 1.165) is 19.0 Å². The number of hydrogen-bond donors (Lipinski definition) is 1. The molecular weight excluding hydrogens is 222 g/mol. The van der Waals surface area contributed by atoms with Crippen LogP contribution in [0, 0.1) is 5.92 Å². The maximum Gasteiger partial charge on any atom is 0.0543 e. The van der Waals surface area contributed by atoms with Crippen LogP contribution in [0.3, 0.4) is 0 Å². The molecule has 1 atom stereocenters.